The summed E-state index contributed by atoms with van der Waals surface area (Å²) in [5.74, 6) is 1.12. The highest BCUT2D eigenvalue weighted by Crippen LogP contribution is 2.17. The van der Waals surface area contributed by atoms with Crippen molar-refractivity contribution in [1.82, 2.24) is 14.9 Å². The first-order valence-corrected chi connectivity index (χ1v) is 8.30. The number of likely N-dealkylation sites (N-methyl/N-ethyl adjacent to an activating group) is 1. The fourth-order valence-electron chi connectivity index (χ4n) is 2.69. The lowest BCUT2D eigenvalue weighted by Crippen LogP contribution is -2.45. The second-order valence-corrected chi connectivity index (χ2v) is 6.17. The van der Waals surface area contributed by atoms with Gasteiger partial charge in [0, 0.05) is 37.6 Å². The van der Waals surface area contributed by atoms with Gasteiger partial charge in [0.2, 0.25) is 5.95 Å². The highest BCUT2D eigenvalue weighted by Gasteiger charge is 2.19. The molecule has 1 aromatic carbocycles. The van der Waals surface area contributed by atoms with Crippen molar-refractivity contribution in [3.63, 3.8) is 0 Å². The number of carbonyl (C=O) groups excluding carboxylic acids is 1. The van der Waals surface area contributed by atoms with E-state index in [1.807, 2.05) is 6.92 Å². The third-order valence-electron chi connectivity index (χ3n) is 4.21. The van der Waals surface area contributed by atoms with E-state index in [1.54, 1.807) is 37.4 Å². The number of aryl methyl sites for hydroxylation is 1. The van der Waals surface area contributed by atoms with Crippen molar-refractivity contribution < 1.29 is 9.53 Å². The van der Waals surface area contributed by atoms with E-state index in [-0.39, 0.29) is 5.91 Å². The van der Waals surface area contributed by atoms with Crippen molar-refractivity contribution in [1.29, 1.82) is 0 Å². The number of methoxy groups -OCH3 is 1. The van der Waals surface area contributed by atoms with Gasteiger partial charge in [-0.2, -0.15) is 0 Å². The number of nitrogens with zero attached hydrogens (tertiary/aromatic N) is 4. The van der Waals surface area contributed by atoms with E-state index in [1.165, 1.54) is 0 Å². The molecule has 0 bridgehead atoms. The van der Waals surface area contributed by atoms with Crippen molar-refractivity contribution in [2.24, 2.45) is 0 Å². The molecule has 1 aliphatic rings. The molecular formula is C18H23N5O2. The normalized spacial score (nSPS) is 15.1. The first-order chi connectivity index (χ1) is 12.0. The molecule has 2 aromatic rings. The van der Waals surface area contributed by atoms with E-state index in [0.29, 0.717) is 17.3 Å². The number of rotatable bonds is 4. The number of amides is 1. The molecule has 1 amide bonds. The molecule has 0 unspecified atom stereocenters. The Hall–Kier alpha value is -2.67. The van der Waals surface area contributed by atoms with Crippen LogP contribution in [0, 0.1) is 6.92 Å². The van der Waals surface area contributed by atoms with Gasteiger partial charge in [0.15, 0.2) is 0 Å². The van der Waals surface area contributed by atoms with Crippen LogP contribution >= 0.6 is 0 Å². The molecule has 7 heteroatoms. The minimum Gasteiger partial charge on any atom is -0.497 e. The van der Waals surface area contributed by atoms with Gasteiger partial charge in [0.05, 0.1) is 7.11 Å². The Morgan fingerprint density at radius 3 is 2.44 bits per heavy atom. The average Bonchev–Trinajstić information content (AvgIpc) is 2.62. The molecule has 1 aliphatic heterocycles. The molecule has 7 nitrogen and oxygen atoms in total. The molecule has 1 fully saturated rings. The number of anilines is 2. The Morgan fingerprint density at radius 2 is 1.80 bits per heavy atom. The predicted octanol–water partition coefficient (Wildman–Crippen LogP) is 1.80. The summed E-state index contributed by atoms with van der Waals surface area (Å²) >= 11 is 0. The Labute approximate surface area is 147 Å². The van der Waals surface area contributed by atoms with Gasteiger partial charge in [-0.25, -0.2) is 9.97 Å². The molecule has 25 heavy (non-hydrogen) atoms. The summed E-state index contributed by atoms with van der Waals surface area (Å²) in [6.45, 7) is 5.53. The largest absolute Gasteiger partial charge is 0.497 e. The van der Waals surface area contributed by atoms with Crippen LogP contribution in [0.3, 0.4) is 0 Å². The number of piperazine rings is 1. The van der Waals surface area contributed by atoms with Gasteiger partial charge >= 0.3 is 0 Å². The third kappa shape index (κ3) is 4.24. The average molecular weight is 341 g/mol. The maximum absolute atomic E-state index is 12.5. The van der Waals surface area contributed by atoms with Gasteiger partial charge in [-0.15, -0.1) is 0 Å². The minimum absolute atomic E-state index is 0.244. The summed E-state index contributed by atoms with van der Waals surface area (Å²) in [6.07, 6.45) is 0. The van der Waals surface area contributed by atoms with E-state index in [2.05, 4.69) is 32.1 Å². The van der Waals surface area contributed by atoms with E-state index in [0.717, 1.165) is 37.6 Å². The SMILES string of the molecule is COc1ccc(NC(=O)c2cc(C)nc(N3CCN(C)CC3)n2)cc1. The highest BCUT2D eigenvalue weighted by molar-refractivity contribution is 6.03. The molecule has 0 aliphatic carbocycles. The topological polar surface area (TPSA) is 70.6 Å². The number of ether oxygens (including phenoxy) is 1. The summed E-state index contributed by atoms with van der Waals surface area (Å²) in [5.41, 5.74) is 1.85. The van der Waals surface area contributed by atoms with Gasteiger partial charge in [-0.05, 0) is 44.3 Å². The van der Waals surface area contributed by atoms with E-state index in [9.17, 15) is 4.79 Å². The van der Waals surface area contributed by atoms with Crippen LogP contribution < -0.4 is 15.0 Å². The first-order valence-electron chi connectivity index (χ1n) is 8.30. The number of aromatic nitrogens is 2. The molecule has 132 valence electrons. The molecule has 2 heterocycles. The van der Waals surface area contributed by atoms with Crippen molar-refractivity contribution in [3.05, 3.63) is 41.7 Å². The second kappa shape index (κ2) is 7.48. The summed E-state index contributed by atoms with van der Waals surface area (Å²) in [6, 6.07) is 8.91. The zero-order valence-corrected chi connectivity index (χ0v) is 14.8. The first kappa shape index (κ1) is 17.2. The zero-order chi connectivity index (χ0) is 17.8. The van der Waals surface area contributed by atoms with Gasteiger partial charge < -0.3 is 19.9 Å². The third-order valence-corrected chi connectivity index (χ3v) is 4.21. The predicted molar refractivity (Wildman–Crippen MR) is 97.4 cm³/mol. The van der Waals surface area contributed by atoms with Crippen molar-refractivity contribution in [2.45, 2.75) is 6.92 Å². The van der Waals surface area contributed by atoms with Crippen LogP contribution in [0.5, 0.6) is 5.75 Å². The van der Waals surface area contributed by atoms with Crippen LogP contribution in [0.2, 0.25) is 0 Å². The van der Waals surface area contributed by atoms with Crippen molar-refractivity contribution in [3.8, 4) is 5.75 Å². The Bertz CT molecular complexity index is 740. The Morgan fingerprint density at radius 1 is 1.12 bits per heavy atom. The van der Waals surface area contributed by atoms with Crippen LogP contribution in [-0.4, -0.2) is 61.1 Å². The molecule has 1 N–H and O–H groups in total. The minimum atomic E-state index is -0.244. The fourth-order valence-corrected chi connectivity index (χ4v) is 2.69. The van der Waals surface area contributed by atoms with Crippen LogP contribution in [0.1, 0.15) is 16.2 Å². The molecular weight excluding hydrogens is 318 g/mol. The van der Waals surface area contributed by atoms with E-state index >= 15 is 0 Å². The lowest BCUT2D eigenvalue weighted by molar-refractivity contribution is 0.102. The summed E-state index contributed by atoms with van der Waals surface area (Å²) < 4.78 is 5.12. The summed E-state index contributed by atoms with van der Waals surface area (Å²) in [7, 11) is 3.71. The molecule has 0 spiro atoms. The molecule has 3 rings (SSSR count). The summed E-state index contributed by atoms with van der Waals surface area (Å²) in [4.78, 5) is 25.9. The molecule has 0 radical (unpaired) electrons. The van der Waals surface area contributed by atoms with Crippen LogP contribution in [-0.2, 0) is 0 Å². The van der Waals surface area contributed by atoms with Gasteiger partial charge in [-0.1, -0.05) is 0 Å². The molecule has 1 aromatic heterocycles. The smallest absolute Gasteiger partial charge is 0.274 e. The van der Waals surface area contributed by atoms with Crippen LogP contribution in [0.15, 0.2) is 30.3 Å². The number of benzene rings is 1. The maximum atomic E-state index is 12.5. The van der Waals surface area contributed by atoms with Crippen molar-refractivity contribution >= 4 is 17.5 Å². The zero-order valence-electron chi connectivity index (χ0n) is 14.8. The highest BCUT2D eigenvalue weighted by atomic mass is 16.5. The van der Waals surface area contributed by atoms with Gasteiger partial charge in [0.25, 0.3) is 5.91 Å². The molecule has 0 saturated carbocycles. The van der Waals surface area contributed by atoms with E-state index < -0.39 is 0 Å². The number of carbonyl (C=O) groups is 1. The Balaban J connectivity index is 1.75. The number of nitrogens with one attached hydrogen (secondary N) is 1. The molecule has 0 atom stereocenters. The second-order valence-electron chi connectivity index (χ2n) is 6.17. The standard InChI is InChI=1S/C18H23N5O2/c1-13-12-16(17(24)20-14-4-6-15(25-3)7-5-14)21-18(19-13)23-10-8-22(2)9-11-23/h4-7,12H,8-11H2,1-3H3,(H,20,24). The lowest BCUT2D eigenvalue weighted by Gasteiger charge is -2.32. The monoisotopic (exact) mass is 341 g/mol. The van der Waals surface area contributed by atoms with Crippen LogP contribution in [0.4, 0.5) is 11.6 Å². The quantitative estimate of drug-likeness (QED) is 0.914. The van der Waals surface area contributed by atoms with Crippen LogP contribution in [0.25, 0.3) is 0 Å². The summed E-state index contributed by atoms with van der Waals surface area (Å²) in [5, 5.41) is 2.86. The number of hydrogen-bond acceptors (Lipinski definition) is 6. The fraction of sp³-hybridized carbons (Fsp3) is 0.389. The Kier molecular flexibility index (Phi) is 5.14. The van der Waals surface area contributed by atoms with Gasteiger partial charge in [-0.3, -0.25) is 4.79 Å². The van der Waals surface area contributed by atoms with Crippen molar-refractivity contribution in [2.75, 3.05) is 50.6 Å². The maximum Gasteiger partial charge on any atom is 0.274 e. The van der Waals surface area contributed by atoms with Gasteiger partial charge in [0.1, 0.15) is 11.4 Å². The van der Waals surface area contributed by atoms with E-state index in [4.69, 9.17) is 4.74 Å². The molecule has 1 saturated heterocycles. The number of hydrogen-bond donors (Lipinski definition) is 1. The lowest BCUT2D eigenvalue weighted by atomic mass is 10.2.